The standard InChI is InChI=1S/C13H11BrCl2S/c14-13-6-5-12(17-13)7-10(8-15)9-1-3-11(16)4-2-9/h1-6,10H,7-8H2. The molecule has 1 aromatic heterocycles. The average Bonchev–Trinajstić information content (AvgIpc) is 2.73. The molecule has 1 unspecified atom stereocenters. The Morgan fingerprint density at radius 1 is 1.12 bits per heavy atom. The first-order valence-corrected chi connectivity index (χ1v) is 7.77. The van der Waals surface area contributed by atoms with Crippen molar-refractivity contribution in [3.8, 4) is 0 Å². The Morgan fingerprint density at radius 3 is 2.35 bits per heavy atom. The van der Waals surface area contributed by atoms with Gasteiger partial charge in [-0.25, -0.2) is 0 Å². The number of rotatable bonds is 4. The van der Waals surface area contributed by atoms with Gasteiger partial charge in [-0.2, -0.15) is 0 Å². The number of benzene rings is 1. The molecule has 0 aliphatic heterocycles. The molecule has 0 saturated heterocycles. The van der Waals surface area contributed by atoms with E-state index in [1.54, 1.807) is 11.3 Å². The normalized spacial score (nSPS) is 12.6. The summed E-state index contributed by atoms with van der Waals surface area (Å²) in [6.45, 7) is 0. The van der Waals surface area contributed by atoms with E-state index in [2.05, 4.69) is 40.2 Å². The quantitative estimate of drug-likeness (QED) is 0.618. The monoisotopic (exact) mass is 348 g/mol. The summed E-state index contributed by atoms with van der Waals surface area (Å²) in [5, 5.41) is 0.765. The molecule has 0 spiro atoms. The van der Waals surface area contributed by atoms with Crippen LogP contribution in [0.15, 0.2) is 40.2 Å². The molecule has 4 heteroatoms. The molecule has 0 N–H and O–H groups in total. The van der Waals surface area contributed by atoms with Crippen molar-refractivity contribution in [1.29, 1.82) is 0 Å². The van der Waals surface area contributed by atoms with Gasteiger partial charge in [0.1, 0.15) is 0 Å². The summed E-state index contributed by atoms with van der Waals surface area (Å²) in [4.78, 5) is 1.34. The van der Waals surface area contributed by atoms with Crippen LogP contribution in [0.1, 0.15) is 16.4 Å². The van der Waals surface area contributed by atoms with Gasteiger partial charge in [-0.1, -0.05) is 23.7 Å². The SMILES string of the molecule is ClCC(Cc1ccc(Br)s1)c1ccc(Cl)cc1. The maximum atomic E-state index is 6.06. The van der Waals surface area contributed by atoms with Crippen LogP contribution in [0.2, 0.25) is 5.02 Å². The zero-order chi connectivity index (χ0) is 12.3. The van der Waals surface area contributed by atoms with Gasteiger partial charge >= 0.3 is 0 Å². The van der Waals surface area contributed by atoms with Gasteiger partial charge in [-0.05, 0) is 52.2 Å². The molecule has 1 atom stereocenters. The lowest BCUT2D eigenvalue weighted by atomic mass is 9.97. The number of thiophene rings is 1. The summed E-state index contributed by atoms with van der Waals surface area (Å²) in [6, 6.07) is 12.2. The third-order valence-electron chi connectivity index (χ3n) is 2.60. The smallest absolute Gasteiger partial charge is 0.0701 e. The van der Waals surface area contributed by atoms with Crippen LogP contribution in [0.5, 0.6) is 0 Å². The van der Waals surface area contributed by atoms with Crippen LogP contribution in [0.3, 0.4) is 0 Å². The van der Waals surface area contributed by atoms with Gasteiger partial charge < -0.3 is 0 Å². The Morgan fingerprint density at radius 2 is 1.82 bits per heavy atom. The van der Waals surface area contributed by atoms with Crippen LogP contribution in [-0.2, 0) is 6.42 Å². The molecule has 90 valence electrons. The molecule has 0 amide bonds. The molecule has 2 aromatic rings. The minimum atomic E-state index is 0.347. The number of hydrogen-bond acceptors (Lipinski definition) is 1. The molecule has 2 rings (SSSR count). The second-order valence-corrected chi connectivity index (χ2v) is 7.11. The zero-order valence-electron chi connectivity index (χ0n) is 9.00. The third kappa shape index (κ3) is 3.72. The topological polar surface area (TPSA) is 0 Å². The van der Waals surface area contributed by atoms with Gasteiger partial charge in [0.2, 0.25) is 0 Å². The van der Waals surface area contributed by atoms with Crippen molar-refractivity contribution < 1.29 is 0 Å². The van der Waals surface area contributed by atoms with Crippen molar-refractivity contribution in [3.63, 3.8) is 0 Å². The fourth-order valence-electron chi connectivity index (χ4n) is 1.70. The van der Waals surface area contributed by atoms with E-state index in [9.17, 15) is 0 Å². The van der Waals surface area contributed by atoms with E-state index in [-0.39, 0.29) is 0 Å². The highest BCUT2D eigenvalue weighted by Gasteiger charge is 2.12. The van der Waals surface area contributed by atoms with E-state index >= 15 is 0 Å². The fourth-order valence-corrected chi connectivity index (χ4v) is 3.68. The summed E-state index contributed by atoms with van der Waals surface area (Å²) in [6.07, 6.45) is 0.974. The highest BCUT2D eigenvalue weighted by atomic mass is 79.9. The van der Waals surface area contributed by atoms with Crippen molar-refractivity contribution in [2.75, 3.05) is 5.88 Å². The molecule has 1 aromatic carbocycles. The first-order valence-electron chi connectivity index (χ1n) is 5.24. The lowest BCUT2D eigenvalue weighted by molar-refractivity contribution is 0.776. The minimum Gasteiger partial charge on any atom is -0.133 e. The summed E-state index contributed by atoms with van der Waals surface area (Å²) in [5.41, 5.74) is 1.24. The van der Waals surface area contributed by atoms with E-state index in [1.807, 2.05) is 12.1 Å². The predicted octanol–water partition coefficient (Wildman–Crippen LogP) is 5.73. The average molecular weight is 350 g/mol. The van der Waals surface area contributed by atoms with Crippen LogP contribution >= 0.6 is 50.5 Å². The second kappa shape index (κ2) is 6.24. The first-order chi connectivity index (χ1) is 8.19. The molecular formula is C13H11BrCl2S. The molecule has 0 bridgehead atoms. The van der Waals surface area contributed by atoms with Gasteiger partial charge in [0.25, 0.3) is 0 Å². The fraction of sp³-hybridized carbons (Fsp3) is 0.231. The largest absolute Gasteiger partial charge is 0.133 e. The highest BCUT2D eigenvalue weighted by Crippen LogP contribution is 2.29. The predicted molar refractivity (Wildman–Crippen MR) is 80.6 cm³/mol. The molecule has 0 fully saturated rings. The zero-order valence-corrected chi connectivity index (χ0v) is 12.9. The van der Waals surface area contributed by atoms with Gasteiger partial charge in [0.15, 0.2) is 0 Å². The molecule has 0 nitrogen and oxygen atoms in total. The van der Waals surface area contributed by atoms with E-state index in [1.165, 1.54) is 10.4 Å². The van der Waals surface area contributed by atoms with Crippen LogP contribution in [0.25, 0.3) is 0 Å². The van der Waals surface area contributed by atoms with E-state index in [4.69, 9.17) is 23.2 Å². The van der Waals surface area contributed by atoms with Gasteiger partial charge in [-0.3, -0.25) is 0 Å². The van der Waals surface area contributed by atoms with Crippen molar-refractivity contribution in [3.05, 3.63) is 55.6 Å². The Kier molecular flexibility index (Phi) is 4.92. The van der Waals surface area contributed by atoms with Crippen LogP contribution < -0.4 is 0 Å². The highest BCUT2D eigenvalue weighted by molar-refractivity contribution is 9.11. The van der Waals surface area contributed by atoms with Crippen molar-refractivity contribution in [2.24, 2.45) is 0 Å². The summed E-state index contributed by atoms with van der Waals surface area (Å²) >= 11 is 17.2. The summed E-state index contributed by atoms with van der Waals surface area (Å²) in [5.74, 6) is 0.969. The number of hydrogen-bond donors (Lipinski definition) is 0. The Hall–Kier alpha value is -0.0200. The van der Waals surface area contributed by atoms with Gasteiger partial charge in [0, 0.05) is 21.7 Å². The molecule has 0 aliphatic rings. The number of halogens is 3. The molecule has 17 heavy (non-hydrogen) atoms. The maximum Gasteiger partial charge on any atom is 0.0701 e. The maximum absolute atomic E-state index is 6.06. The lowest BCUT2D eigenvalue weighted by Gasteiger charge is -2.13. The molecule has 0 aliphatic carbocycles. The first kappa shape index (κ1) is 13.4. The minimum absolute atomic E-state index is 0.347. The molecule has 0 radical (unpaired) electrons. The Labute approximate surface area is 124 Å². The van der Waals surface area contributed by atoms with E-state index in [0.29, 0.717) is 11.8 Å². The third-order valence-corrected chi connectivity index (χ3v) is 4.87. The van der Waals surface area contributed by atoms with Crippen molar-refractivity contribution >= 4 is 50.5 Å². The van der Waals surface area contributed by atoms with Crippen LogP contribution in [-0.4, -0.2) is 5.88 Å². The molecule has 0 saturated carbocycles. The van der Waals surface area contributed by atoms with Gasteiger partial charge in [0.05, 0.1) is 3.79 Å². The summed E-state index contributed by atoms with van der Waals surface area (Å²) < 4.78 is 1.16. The second-order valence-electron chi connectivity index (χ2n) is 3.81. The van der Waals surface area contributed by atoms with E-state index < -0.39 is 0 Å². The molecule has 1 heterocycles. The lowest BCUT2D eigenvalue weighted by Crippen LogP contribution is -2.03. The van der Waals surface area contributed by atoms with Gasteiger partial charge in [-0.15, -0.1) is 22.9 Å². The van der Waals surface area contributed by atoms with Crippen molar-refractivity contribution in [1.82, 2.24) is 0 Å². The Bertz CT molecular complexity index is 478. The number of alkyl halides is 1. The molecular weight excluding hydrogens is 339 g/mol. The van der Waals surface area contributed by atoms with Crippen LogP contribution in [0.4, 0.5) is 0 Å². The van der Waals surface area contributed by atoms with E-state index in [0.717, 1.165) is 15.2 Å². The summed E-state index contributed by atoms with van der Waals surface area (Å²) in [7, 11) is 0. The Balaban J connectivity index is 2.13. The van der Waals surface area contributed by atoms with Crippen molar-refractivity contribution in [2.45, 2.75) is 12.3 Å². The van der Waals surface area contributed by atoms with Crippen LogP contribution in [0, 0.1) is 0 Å².